The van der Waals surface area contributed by atoms with Crippen LogP contribution in [0.5, 0.6) is 0 Å². The van der Waals surface area contributed by atoms with E-state index >= 15 is 0 Å². The first-order valence-corrected chi connectivity index (χ1v) is 9.39. The number of carbonyl (C=O) groups excluding carboxylic acids is 1. The van der Waals surface area contributed by atoms with Gasteiger partial charge in [0.05, 0.1) is 6.04 Å². The molecule has 130 valence electrons. The quantitative estimate of drug-likeness (QED) is 0.868. The zero-order valence-electron chi connectivity index (χ0n) is 13.7. The Labute approximate surface area is 154 Å². The molecular formula is C19H24Cl2N2O. The van der Waals surface area contributed by atoms with Gasteiger partial charge in [-0.05, 0) is 54.6 Å². The Morgan fingerprint density at radius 3 is 2.58 bits per heavy atom. The van der Waals surface area contributed by atoms with Crippen LogP contribution >= 0.6 is 24.0 Å². The Hall–Kier alpha value is -0.770. The molecule has 1 N–H and O–H groups in total. The highest BCUT2D eigenvalue weighted by molar-refractivity contribution is 6.31. The molecule has 5 unspecified atom stereocenters. The first kappa shape index (κ1) is 16.7. The zero-order valence-corrected chi connectivity index (χ0v) is 15.2. The van der Waals surface area contributed by atoms with Crippen LogP contribution in [0.1, 0.15) is 30.9 Å². The fourth-order valence-electron chi connectivity index (χ4n) is 5.84. The number of amides is 1. The normalized spacial score (nSPS) is 39.3. The van der Waals surface area contributed by atoms with E-state index in [1.54, 1.807) is 0 Å². The van der Waals surface area contributed by atoms with Crippen LogP contribution in [0.2, 0.25) is 5.02 Å². The van der Waals surface area contributed by atoms with Gasteiger partial charge in [-0.3, -0.25) is 4.79 Å². The van der Waals surface area contributed by atoms with Crippen molar-refractivity contribution in [1.82, 2.24) is 10.2 Å². The van der Waals surface area contributed by atoms with Crippen LogP contribution in [0.3, 0.4) is 0 Å². The molecule has 2 bridgehead atoms. The van der Waals surface area contributed by atoms with Gasteiger partial charge in [-0.25, -0.2) is 0 Å². The number of nitrogens with one attached hydrogen (secondary N) is 1. The molecule has 3 nitrogen and oxygen atoms in total. The van der Waals surface area contributed by atoms with Crippen LogP contribution in [-0.2, 0) is 4.79 Å². The lowest BCUT2D eigenvalue weighted by Crippen LogP contribution is -2.49. The summed E-state index contributed by atoms with van der Waals surface area (Å²) >= 11 is 6.41. The van der Waals surface area contributed by atoms with Gasteiger partial charge in [0, 0.05) is 30.6 Å². The minimum atomic E-state index is 0. The second-order valence-electron chi connectivity index (χ2n) is 7.79. The third-order valence-electron chi connectivity index (χ3n) is 6.81. The lowest BCUT2D eigenvalue weighted by molar-refractivity contribution is -0.137. The summed E-state index contributed by atoms with van der Waals surface area (Å²) in [7, 11) is 0. The highest BCUT2D eigenvalue weighted by Gasteiger charge is 2.68. The number of piperazine rings is 1. The number of hydrogen-bond donors (Lipinski definition) is 1. The summed E-state index contributed by atoms with van der Waals surface area (Å²) in [6.07, 6.45) is 4.13. The van der Waals surface area contributed by atoms with Crippen LogP contribution in [0.15, 0.2) is 24.3 Å². The van der Waals surface area contributed by atoms with E-state index in [1.807, 2.05) is 18.2 Å². The van der Waals surface area contributed by atoms with E-state index in [2.05, 4.69) is 16.3 Å². The largest absolute Gasteiger partial charge is 0.333 e. The number of hydrogen-bond acceptors (Lipinski definition) is 2. The highest BCUT2D eigenvalue weighted by atomic mass is 35.5. The maximum Gasteiger partial charge on any atom is 0.226 e. The lowest BCUT2D eigenvalue weighted by Gasteiger charge is -2.37. The van der Waals surface area contributed by atoms with Gasteiger partial charge >= 0.3 is 0 Å². The van der Waals surface area contributed by atoms with Crippen molar-refractivity contribution in [2.75, 3.05) is 19.6 Å². The summed E-state index contributed by atoms with van der Waals surface area (Å²) < 4.78 is 0. The molecule has 24 heavy (non-hydrogen) atoms. The minimum Gasteiger partial charge on any atom is -0.333 e. The van der Waals surface area contributed by atoms with Crippen molar-refractivity contribution in [2.45, 2.75) is 25.3 Å². The molecular weight excluding hydrogens is 343 g/mol. The molecule has 3 saturated carbocycles. The Morgan fingerprint density at radius 2 is 1.88 bits per heavy atom. The number of halogens is 2. The van der Waals surface area contributed by atoms with Crippen molar-refractivity contribution in [3.05, 3.63) is 34.9 Å². The number of fused-ring (bicyclic) bond motifs is 5. The molecule has 5 atom stereocenters. The average molecular weight is 367 g/mol. The van der Waals surface area contributed by atoms with E-state index in [1.165, 1.54) is 19.3 Å². The maximum absolute atomic E-state index is 13.2. The first-order valence-electron chi connectivity index (χ1n) is 9.01. The monoisotopic (exact) mass is 366 g/mol. The molecule has 3 aliphatic carbocycles. The van der Waals surface area contributed by atoms with Crippen molar-refractivity contribution in [3.63, 3.8) is 0 Å². The van der Waals surface area contributed by atoms with Crippen molar-refractivity contribution < 1.29 is 4.79 Å². The summed E-state index contributed by atoms with van der Waals surface area (Å²) in [5.74, 6) is 3.85. The van der Waals surface area contributed by atoms with E-state index in [-0.39, 0.29) is 18.4 Å². The summed E-state index contributed by atoms with van der Waals surface area (Å²) in [6, 6.07) is 8.06. The van der Waals surface area contributed by atoms with Crippen LogP contribution in [0, 0.1) is 29.6 Å². The molecule has 0 radical (unpaired) electrons. The molecule has 1 heterocycles. The molecule has 1 amide bonds. The zero-order chi connectivity index (χ0) is 15.6. The highest BCUT2D eigenvalue weighted by Crippen LogP contribution is 2.69. The molecule has 1 aromatic rings. The third-order valence-corrected chi connectivity index (χ3v) is 7.16. The number of benzene rings is 1. The minimum absolute atomic E-state index is 0. The Morgan fingerprint density at radius 1 is 1.17 bits per heavy atom. The Bertz CT molecular complexity index is 636. The second kappa shape index (κ2) is 6.19. The average Bonchev–Trinajstić information content (AvgIpc) is 3.01. The number of rotatable bonds is 2. The molecule has 0 spiro atoms. The number of nitrogens with zero attached hydrogens (tertiary/aromatic N) is 1. The van der Waals surface area contributed by atoms with Crippen LogP contribution < -0.4 is 5.32 Å². The molecule has 4 aliphatic rings. The molecule has 5 rings (SSSR count). The van der Waals surface area contributed by atoms with Crippen molar-refractivity contribution in [3.8, 4) is 0 Å². The molecule has 0 aromatic heterocycles. The summed E-state index contributed by atoms with van der Waals surface area (Å²) in [6.45, 7) is 2.51. The first-order chi connectivity index (χ1) is 11.3. The Kier molecular flexibility index (Phi) is 4.30. The fraction of sp³-hybridized carbons (Fsp3) is 0.632. The van der Waals surface area contributed by atoms with Crippen LogP contribution in [0.4, 0.5) is 0 Å². The van der Waals surface area contributed by atoms with Crippen LogP contribution in [-0.4, -0.2) is 30.4 Å². The second-order valence-corrected chi connectivity index (χ2v) is 8.19. The smallest absolute Gasteiger partial charge is 0.226 e. The predicted octanol–water partition coefficient (Wildman–Crippen LogP) is 3.53. The standard InChI is InChI=1S/C19H23ClN2O.ClH/c20-14-4-2-1-3-13(14)15-10-21-7-8-22(15)19(23)18-16-11-5-6-12(9-11)17(16)18;/h1-4,11-12,15-18,21H,5-10H2;1H. The number of carbonyl (C=O) groups is 1. The molecule has 1 aromatic carbocycles. The van der Waals surface area contributed by atoms with E-state index in [4.69, 9.17) is 11.6 Å². The van der Waals surface area contributed by atoms with E-state index < -0.39 is 0 Å². The summed E-state index contributed by atoms with van der Waals surface area (Å²) in [4.78, 5) is 15.4. The van der Waals surface area contributed by atoms with E-state index in [0.29, 0.717) is 23.7 Å². The third kappa shape index (κ3) is 2.40. The van der Waals surface area contributed by atoms with Crippen LogP contribution in [0.25, 0.3) is 0 Å². The van der Waals surface area contributed by atoms with Gasteiger partial charge in [-0.2, -0.15) is 0 Å². The van der Waals surface area contributed by atoms with E-state index in [9.17, 15) is 4.79 Å². The van der Waals surface area contributed by atoms with Crippen molar-refractivity contribution in [1.29, 1.82) is 0 Å². The van der Waals surface area contributed by atoms with Gasteiger partial charge in [0.15, 0.2) is 0 Å². The van der Waals surface area contributed by atoms with Gasteiger partial charge in [0.2, 0.25) is 5.91 Å². The maximum atomic E-state index is 13.2. The Balaban J connectivity index is 0.00000146. The van der Waals surface area contributed by atoms with Crippen molar-refractivity contribution in [2.24, 2.45) is 29.6 Å². The predicted molar refractivity (Wildman–Crippen MR) is 97.3 cm³/mol. The van der Waals surface area contributed by atoms with Gasteiger partial charge < -0.3 is 10.2 Å². The molecule has 1 aliphatic heterocycles. The SMILES string of the molecule is Cl.O=C(C1C2C3CCC(C3)C12)N1CCNCC1c1ccccc1Cl. The van der Waals surface area contributed by atoms with E-state index in [0.717, 1.165) is 42.1 Å². The summed E-state index contributed by atoms with van der Waals surface area (Å²) in [5, 5.41) is 4.21. The van der Waals surface area contributed by atoms with Gasteiger partial charge in [0.1, 0.15) is 0 Å². The molecule has 1 saturated heterocycles. The van der Waals surface area contributed by atoms with Gasteiger partial charge in [-0.15, -0.1) is 12.4 Å². The molecule has 4 fully saturated rings. The topological polar surface area (TPSA) is 32.3 Å². The summed E-state index contributed by atoms with van der Waals surface area (Å²) in [5.41, 5.74) is 1.09. The van der Waals surface area contributed by atoms with Crippen molar-refractivity contribution >= 4 is 29.9 Å². The lowest BCUT2D eigenvalue weighted by atomic mass is 9.98. The fourth-order valence-corrected chi connectivity index (χ4v) is 6.10. The molecule has 5 heteroatoms. The van der Waals surface area contributed by atoms with Gasteiger partial charge in [-0.1, -0.05) is 29.8 Å². The van der Waals surface area contributed by atoms with Gasteiger partial charge in [0.25, 0.3) is 0 Å².